The van der Waals surface area contributed by atoms with Crippen molar-refractivity contribution in [2.24, 2.45) is 0 Å². The van der Waals surface area contributed by atoms with Crippen LogP contribution in [0.25, 0.3) is 0 Å². The highest BCUT2D eigenvalue weighted by Crippen LogP contribution is 2.18. The monoisotopic (exact) mass is 188 g/mol. The summed E-state index contributed by atoms with van der Waals surface area (Å²) in [4.78, 5) is 0. The Labute approximate surface area is 85.8 Å². The van der Waals surface area contributed by atoms with Gasteiger partial charge in [-0.25, -0.2) is 0 Å². The van der Waals surface area contributed by atoms with Gasteiger partial charge in [0, 0.05) is 5.56 Å². The SMILES string of the molecule is CCC(C)c1ccc(C#CCO)cc1. The van der Waals surface area contributed by atoms with Crippen LogP contribution in [0.4, 0.5) is 0 Å². The highest BCUT2D eigenvalue weighted by Gasteiger charge is 2.00. The van der Waals surface area contributed by atoms with Gasteiger partial charge in [0.1, 0.15) is 6.61 Å². The maximum atomic E-state index is 8.53. The lowest BCUT2D eigenvalue weighted by molar-refractivity contribution is 0.350. The van der Waals surface area contributed by atoms with E-state index in [1.807, 2.05) is 12.1 Å². The quantitative estimate of drug-likeness (QED) is 0.707. The van der Waals surface area contributed by atoms with Crippen LogP contribution in [0.3, 0.4) is 0 Å². The van der Waals surface area contributed by atoms with E-state index in [-0.39, 0.29) is 6.61 Å². The third-order valence-corrected chi connectivity index (χ3v) is 2.40. The molecule has 0 aliphatic heterocycles. The molecule has 0 saturated carbocycles. The summed E-state index contributed by atoms with van der Waals surface area (Å²) >= 11 is 0. The molecule has 0 aliphatic carbocycles. The van der Waals surface area contributed by atoms with Gasteiger partial charge >= 0.3 is 0 Å². The molecule has 1 N–H and O–H groups in total. The molecule has 1 heteroatoms. The van der Waals surface area contributed by atoms with Crippen LogP contribution >= 0.6 is 0 Å². The maximum absolute atomic E-state index is 8.53. The van der Waals surface area contributed by atoms with E-state index in [1.54, 1.807) is 0 Å². The van der Waals surface area contributed by atoms with Crippen molar-refractivity contribution in [3.05, 3.63) is 35.4 Å². The molecule has 1 nitrogen and oxygen atoms in total. The summed E-state index contributed by atoms with van der Waals surface area (Å²) in [5, 5.41) is 8.53. The van der Waals surface area contributed by atoms with Crippen molar-refractivity contribution < 1.29 is 5.11 Å². The molecule has 0 amide bonds. The highest BCUT2D eigenvalue weighted by atomic mass is 16.2. The first-order valence-corrected chi connectivity index (χ1v) is 4.97. The number of hydrogen-bond acceptors (Lipinski definition) is 1. The van der Waals surface area contributed by atoms with Crippen molar-refractivity contribution in [1.29, 1.82) is 0 Å². The van der Waals surface area contributed by atoms with Gasteiger partial charge in [0.15, 0.2) is 0 Å². The first-order valence-electron chi connectivity index (χ1n) is 4.97. The molecule has 1 aromatic carbocycles. The smallest absolute Gasteiger partial charge is 0.104 e. The Hall–Kier alpha value is -1.26. The largest absolute Gasteiger partial charge is 0.384 e. The Bertz CT molecular complexity index is 326. The van der Waals surface area contributed by atoms with Gasteiger partial charge in [-0.3, -0.25) is 0 Å². The minimum absolute atomic E-state index is 0.0763. The van der Waals surface area contributed by atoms with E-state index in [0.717, 1.165) is 12.0 Å². The second kappa shape index (κ2) is 5.47. The minimum atomic E-state index is -0.0763. The third kappa shape index (κ3) is 2.90. The average molecular weight is 188 g/mol. The van der Waals surface area contributed by atoms with Gasteiger partial charge in [-0.05, 0) is 30.0 Å². The number of aliphatic hydroxyl groups is 1. The van der Waals surface area contributed by atoms with Crippen LogP contribution in [-0.2, 0) is 0 Å². The molecular formula is C13H16O. The molecule has 1 unspecified atom stereocenters. The topological polar surface area (TPSA) is 20.2 Å². The molecule has 0 radical (unpaired) electrons. The Morgan fingerprint density at radius 3 is 2.43 bits per heavy atom. The van der Waals surface area contributed by atoms with Crippen LogP contribution in [-0.4, -0.2) is 11.7 Å². The third-order valence-electron chi connectivity index (χ3n) is 2.40. The second-order valence-electron chi connectivity index (χ2n) is 3.39. The molecule has 0 heterocycles. The Kier molecular flexibility index (Phi) is 4.22. The van der Waals surface area contributed by atoms with Crippen molar-refractivity contribution in [2.45, 2.75) is 26.2 Å². The number of rotatable bonds is 2. The molecule has 1 atom stereocenters. The van der Waals surface area contributed by atoms with Crippen molar-refractivity contribution >= 4 is 0 Å². The van der Waals surface area contributed by atoms with Crippen LogP contribution in [0, 0.1) is 11.8 Å². The van der Waals surface area contributed by atoms with Crippen LogP contribution in [0.1, 0.15) is 37.3 Å². The van der Waals surface area contributed by atoms with Crippen molar-refractivity contribution in [3.8, 4) is 11.8 Å². The van der Waals surface area contributed by atoms with E-state index >= 15 is 0 Å². The lowest BCUT2D eigenvalue weighted by Crippen LogP contribution is -1.90. The maximum Gasteiger partial charge on any atom is 0.104 e. The molecule has 14 heavy (non-hydrogen) atoms. The number of benzene rings is 1. The standard InChI is InChI=1S/C13H16O/c1-3-11(2)13-8-6-12(7-9-13)5-4-10-14/h6-9,11,14H,3,10H2,1-2H3. The molecular weight excluding hydrogens is 172 g/mol. The van der Waals surface area contributed by atoms with E-state index < -0.39 is 0 Å². The molecule has 0 aliphatic rings. The first kappa shape index (κ1) is 10.8. The Morgan fingerprint density at radius 2 is 1.93 bits per heavy atom. The zero-order valence-electron chi connectivity index (χ0n) is 8.75. The lowest BCUT2D eigenvalue weighted by atomic mass is 9.98. The summed E-state index contributed by atoms with van der Waals surface area (Å²) in [7, 11) is 0. The Morgan fingerprint density at radius 1 is 1.29 bits per heavy atom. The molecule has 74 valence electrons. The molecule has 0 fully saturated rings. The van der Waals surface area contributed by atoms with Gasteiger partial charge in [-0.2, -0.15) is 0 Å². The normalized spacial score (nSPS) is 11.6. The van der Waals surface area contributed by atoms with E-state index in [9.17, 15) is 0 Å². The Balaban J connectivity index is 2.78. The fourth-order valence-electron chi connectivity index (χ4n) is 1.27. The summed E-state index contributed by atoms with van der Waals surface area (Å²) in [6, 6.07) is 8.22. The van der Waals surface area contributed by atoms with Gasteiger partial charge in [-0.15, -0.1) is 0 Å². The molecule has 1 aromatic rings. The van der Waals surface area contributed by atoms with E-state index in [0.29, 0.717) is 5.92 Å². The molecule has 0 saturated heterocycles. The van der Waals surface area contributed by atoms with Crippen LogP contribution in [0.5, 0.6) is 0 Å². The van der Waals surface area contributed by atoms with Crippen molar-refractivity contribution in [2.75, 3.05) is 6.61 Å². The van der Waals surface area contributed by atoms with Gasteiger partial charge in [0.05, 0.1) is 0 Å². The minimum Gasteiger partial charge on any atom is -0.384 e. The fourth-order valence-corrected chi connectivity index (χ4v) is 1.27. The molecule has 1 rings (SSSR count). The number of hydrogen-bond donors (Lipinski definition) is 1. The van der Waals surface area contributed by atoms with Crippen molar-refractivity contribution in [1.82, 2.24) is 0 Å². The van der Waals surface area contributed by atoms with Crippen LogP contribution in [0.2, 0.25) is 0 Å². The van der Waals surface area contributed by atoms with E-state index in [4.69, 9.17) is 5.11 Å². The van der Waals surface area contributed by atoms with Crippen molar-refractivity contribution in [3.63, 3.8) is 0 Å². The summed E-state index contributed by atoms with van der Waals surface area (Å²) in [6.07, 6.45) is 1.15. The van der Waals surface area contributed by atoms with Crippen LogP contribution in [0.15, 0.2) is 24.3 Å². The summed E-state index contributed by atoms with van der Waals surface area (Å²) in [5.74, 6) is 6.12. The highest BCUT2D eigenvalue weighted by molar-refractivity contribution is 5.36. The van der Waals surface area contributed by atoms with E-state index in [2.05, 4.69) is 37.8 Å². The zero-order valence-corrected chi connectivity index (χ0v) is 8.75. The van der Waals surface area contributed by atoms with E-state index in [1.165, 1.54) is 5.56 Å². The fraction of sp³-hybridized carbons (Fsp3) is 0.385. The first-order chi connectivity index (χ1) is 6.77. The van der Waals surface area contributed by atoms with Gasteiger partial charge < -0.3 is 5.11 Å². The summed E-state index contributed by atoms with van der Waals surface area (Å²) in [6.45, 7) is 4.33. The summed E-state index contributed by atoms with van der Waals surface area (Å²) in [5.41, 5.74) is 2.31. The predicted octanol–water partition coefficient (Wildman–Crippen LogP) is 2.54. The predicted molar refractivity (Wildman–Crippen MR) is 59.1 cm³/mol. The average Bonchev–Trinajstić information content (AvgIpc) is 2.26. The lowest BCUT2D eigenvalue weighted by Gasteiger charge is -2.07. The number of aliphatic hydroxyl groups excluding tert-OH is 1. The molecule has 0 spiro atoms. The van der Waals surface area contributed by atoms with Gasteiger partial charge in [0.25, 0.3) is 0 Å². The van der Waals surface area contributed by atoms with Gasteiger partial charge in [-0.1, -0.05) is 37.8 Å². The zero-order chi connectivity index (χ0) is 10.4. The van der Waals surface area contributed by atoms with Gasteiger partial charge in [0.2, 0.25) is 0 Å². The molecule has 0 aromatic heterocycles. The van der Waals surface area contributed by atoms with Crippen LogP contribution < -0.4 is 0 Å². The molecule has 0 bridgehead atoms. The second-order valence-corrected chi connectivity index (χ2v) is 3.39. The summed E-state index contributed by atoms with van der Waals surface area (Å²) < 4.78 is 0.